The summed E-state index contributed by atoms with van der Waals surface area (Å²) < 4.78 is 9.57. The molecule has 4 heteroatoms. The summed E-state index contributed by atoms with van der Waals surface area (Å²) in [6.45, 7) is 4.13. The van der Waals surface area contributed by atoms with E-state index >= 15 is 0 Å². The number of rotatable bonds is 1. The molecule has 0 bridgehead atoms. The maximum absolute atomic E-state index is 5.37. The molecule has 104 valence electrons. The Morgan fingerprint density at radius 3 is 2.62 bits per heavy atom. The first-order valence-corrected chi connectivity index (χ1v) is 6.96. The van der Waals surface area contributed by atoms with Gasteiger partial charge in [-0.05, 0) is 48.2 Å². The number of methoxy groups -OCH3 is 1. The van der Waals surface area contributed by atoms with Crippen LogP contribution in [-0.4, -0.2) is 16.6 Å². The molecule has 0 amide bonds. The minimum Gasteiger partial charge on any atom is -0.497 e. The lowest BCUT2D eigenvalue weighted by atomic mass is 10.2. The summed E-state index contributed by atoms with van der Waals surface area (Å²) in [5.41, 5.74) is 6.64. The molecule has 0 saturated heterocycles. The largest absolute Gasteiger partial charge is 0.497 e. The molecule has 4 rings (SSSR count). The van der Waals surface area contributed by atoms with Gasteiger partial charge in [0.25, 0.3) is 11.0 Å². The summed E-state index contributed by atoms with van der Waals surface area (Å²) >= 11 is 0. The molecule has 0 aliphatic carbocycles. The predicted molar refractivity (Wildman–Crippen MR) is 81.9 cm³/mol. The van der Waals surface area contributed by atoms with Gasteiger partial charge in [-0.15, -0.1) is 0 Å². The van der Waals surface area contributed by atoms with Crippen LogP contribution in [-0.2, 0) is 0 Å². The Hall–Kier alpha value is -2.62. The number of aryl methyl sites for hydroxylation is 2. The molecule has 3 heterocycles. The SMILES string of the molecule is COc1ccc2c(c1)[n+]1nc(C)c(C)cc1c1cccn21. The van der Waals surface area contributed by atoms with Gasteiger partial charge in [-0.2, -0.15) is 0 Å². The summed E-state index contributed by atoms with van der Waals surface area (Å²) in [6.07, 6.45) is 2.08. The Balaban J connectivity index is 2.33. The maximum Gasteiger partial charge on any atom is 0.266 e. The lowest BCUT2D eigenvalue weighted by molar-refractivity contribution is -0.553. The average molecular weight is 278 g/mol. The van der Waals surface area contributed by atoms with E-state index in [1.165, 1.54) is 5.56 Å². The highest BCUT2D eigenvalue weighted by atomic mass is 16.5. The van der Waals surface area contributed by atoms with Gasteiger partial charge in [0.05, 0.1) is 13.2 Å². The van der Waals surface area contributed by atoms with Gasteiger partial charge in [0, 0.05) is 17.4 Å². The van der Waals surface area contributed by atoms with Crippen LogP contribution >= 0.6 is 0 Å². The fraction of sp³-hybridized carbons (Fsp3) is 0.176. The summed E-state index contributed by atoms with van der Waals surface area (Å²) in [5.74, 6) is 0.836. The predicted octanol–water partition coefficient (Wildman–Crippen LogP) is 2.85. The Morgan fingerprint density at radius 2 is 1.81 bits per heavy atom. The van der Waals surface area contributed by atoms with Crippen molar-refractivity contribution < 1.29 is 9.25 Å². The molecule has 4 nitrogen and oxygen atoms in total. The van der Waals surface area contributed by atoms with Crippen LogP contribution in [0.3, 0.4) is 0 Å². The van der Waals surface area contributed by atoms with Crippen molar-refractivity contribution in [3.05, 3.63) is 53.9 Å². The molecule has 0 saturated carbocycles. The molecule has 0 fully saturated rings. The van der Waals surface area contributed by atoms with E-state index in [4.69, 9.17) is 9.84 Å². The Morgan fingerprint density at radius 1 is 1.05 bits per heavy atom. The van der Waals surface area contributed by atoms with Crippen LogP contribution in [0, 0.1) is 13.8 Å². The van der Waals surface area contributed by atoms with E-state index in [9.17, 15) is 0 Å². The van der Waals surface area contributed by atoms with Crippen LogP contribution in [0.1, 0.15) is 11.3 Å². The highest BCUT2D eigenvalue weighted by Gasteiger charge is 2.19. The molecule has 4 aromatic rings. The molecule has 0 atom stereocenters. The van der Waals surface area contributed by atoms with Crippen LogP contribution in [0.2, 0.25) is 0 Å². The van der Waals surface area contributed by atoms with E-state index < -0.39 is 0 Å². The third kappa shape index (κ3) is 1.62. The topological polar surface area (TPSA) is 30.6 Å². The van der Waals surface area contributed by atoms with Crippen molar-refractivity contribution in [1.82, 2.24) is 9.50 Å². The van der Waals surface area contributed by atoms with Gasteiger partial charge in [0.2, 0.25) is 0 Å². The highest BCUT2D eigenvalue weighted by Crippen LogP contribution is 2.22. The van der Waals surface area contributed by atoms with Crippen LogP contribution in [0.5, 0.6) is 5.75 Å². The molecule has 0 aliphatic heterocycles. The second kappa shape index (κ2) is 4.19. The molecule has 21 heavy (non-hydrogen) atoms. The fourth-order valence-corrected chi connectivity index (χ4v) is 2.82. The van der Waals surface area contributed by atoms with E-state index in [2.05, 4.69) is 41.8 Å². The van der Waals surface area contributed by atoms with Gasteiger partial charge in [-0.25, -0.2) is 0 Å². The molecule has 0 aliphatic rings. The quantitative estimate of drug-likeness (QED) is 0.396. The zero-order valence-electron chi connectivity index (χ0n) is 12.3. The number of ether oxygens (including phenoxy) is 1. The van der Waals surface area contributed by atoms with Crippen molar-refractivity contribution in [1.29, 1.82) is 0 Å². The monoisotopic (exact) mass is 278 g/mol. The summed E-state index contributed by atoms with van der Waals surface area (Å²) in [5, 5.41) is 4.76. The Bertz CT molecular complexity index is 1000. The van der Waals surface area contributed by atoms with Gasteiger partial charge in [-0.3, -0.25) is 0 Å². The van der Waals surface area contributed by atoms with E-state index in [1.807, 2.05) is 23.6 Å². The zero-order valence-corrected chi connectivity index (χ0v) is 12.3. The van der Waals surface area contributed by atoms with Crippen LogP contribution < -0.4 is 9.25 Å². The smallest absolute Gasteiger partial charge is 0.266 e. The molecule has 0 spiro atoms. The lowest BCUT2D eigenvalue weighted by Crippen LogP contribution is -2.30. The molecule has 1 aromatic carbocycles. The van der Waals surface area contributed by atoms with E-state index in [0.717, 1.165) is 33.5 Å². The van der Waals surface area contributed by atoms with Gasteiger partial charge < -0.3 is 9.14 Å². The number of fused-ring (bicyclic) bond motifs is 6. The second-order valence-electron chi connectivity index (χ2n) is 5.33. The third-order valence-electron chi connectivity index (χ3n) is 4.08. The molecular weight excluding hydrogens is 262 g/mol. The van der Waals surface area contributed by atoms with Gasteiger partial charge in [0.1, 0.15) is 22.5 Å². The summed E-state index contributed by atoms with van der Waals surface area (Å²) in [4.78, 5) is 0. The number of aromatic nitrogens is 3. The highest BCUT2D eigenvalue weighted by molar-refractivity contribution is 5.84. The maximum atomic E-state index is 5.37. The number of benzene rings is 1. The third-order valence-corrected chi connectivity index (χ3v) is 4.08. The van der Waals surface area contributed by atoms with E-state index in [0.29, 0.717) is 0 Å². The average Bonchev–Trinajstić information content (AvgIpc) is 2.98. The van der Waals surface area contributed by atoms with E-state index in [-0.39, 0.29) is 0 Å². The molecule has 0 N–H and O–H groups in total. The minimum atomic E-state index is 0.836. The summed E-state index contributed by atoms with van der Waals surface area (Å²) in [7, 11) is 1.69. The van der Waals surface area contributed by atoms with Gasteiger partial charge >= 0.3 is 0 Å². The van der Waals surface area contributed by atoms with E-state index in [1.54, 1.807) is 7.11 Å². The zero-order chi connectivity index (χ0) is 14.6. The van der Waals surface area contributed by atoms with Crippen molar-refractivity contribution in [2.24, 2.45) is 0 Å². The summed E-state index contributed by atoms with van der Waals surface area (Å²) in [6, 6.07) is 12.5. The van der Waals surface area contributed by atoms with Crippen molar-refractivity contribution in [3.8, 4) is 5.75 Å². The minimum absolute atomic E-state index is 0.836. The first-order valence-electron chi connectivity index (χ1n) is 6.96. The van der Waals surface area contributed by atoms with Crippen LogP contribution in [0.15, 0.2) is 42.6 Å². The number of hydrogen-bond acceptors (Lipinski definition) is 2. The fourth-order valence-electron chi connectivity index (χ4n) is 2.82. The number of hydrogen-bond donors (Lipinski definition) is 0. The number of nitrogens with zero attached hydrogens (tertiary/aromatic N) is 3. The van der Waals surface area contributed by atoms with Gasteiger partial charge in [-0.1, -0.05) is 0 Å². The van der Waals surface area contributed by atoms with Crippen molar-refractivity contribution in [2.45, 2.75) is 13.8 Å². The van der Waals surface area contributed by atoms with Crippen molar-refractivity contribution in [2.75, 3.05) is 7.11 Å². The molecule has 0 unspecified atom stereocenters. The Kier molecular flexibility index (Phi) is 2.42. The van der Waals surface area contributed by atoms with Crippen LogP contribution in [0.4, 0.5) is 0 Å². The van der Waals surface area contributed by atoms with Crippen LogP contribution in [0.25, 0.3) is 22.1 Å². The first kappa shape index (κ1) is 12.1. The normalized spacial score (nSPS) is 11.6. The van der Waals surface area contributed by atoms with Crippen molar-refractivity contribution >= 4 is 22.1 Å². The molecular formula is C17H16N3O+. The molecule has 0 radical (unpaired) electrons. The lowest BCUT2D eigenvalue weighted by Gasteiger charge is -2.05. The molecule has 3 aromatic heterocycles. The standard InChI is InChI=1S/C17H16N3O/c1-11-9-16-14-5-4-8-19(14)15-7-6-13(21-3)10-17(15)20(16)18-12(11)2/h4-10H,1-3H3/q+1. The second-order valence-corrected chi connectivity index (χ2v) is 5.33. The Labute approximate surface area is 122 Å². The first-order chi connectivity index (χ1) is 10.2. The van der Waals surface area contributed by atoms with Gasteiger partial charge in [0.15, 0.2) is 0 Å². The van der Waals surface area contributed by atoms with Crippen molar-refractivity contribution in [3.63, 3.8) is 0 Å².